The lowest BCUT2D eigenvalue weighted by Crippen LogP contribution is -1.94. The lowest BCUT2D eigenvalue weighted by molar-refractivity contribution is 0.0697. The molecule has 0 spiro atoms. The molecule has 1 heterocycles. The van der Waals surface area contributed by atoms with Crippen LogP contribution in [0.1, 0.15) is 16.1 Å². The molecule has 0 aliphatic rings. The zero-order valence-electron chi connectivity index (χ0n) is 12.2. The minimum absolute atomic E-state index is 0.217. The van der Waals surface area contributed by atoms with E-state index in [1.807, 2.05) is 12.1 Å². The Balaban J connectivity index is 1.78. The molecule has 0 saturated carbocycles. The van der Waals surface area contributed by atoms with Crippen LogP contribution in [0, 0.1) is 0 Å². The summed E-state index contributed by atoms with van der Waals surface area (Å²) in [4.78, 5) is 15.1. The number of aromatic carboxylic acids is 1. The number of carboxylic acids is 1. The first kappa shape index (κ1) is 16.3. The molecule has 1 aromatic heterocycles. The second-order valence-corrected chi connectivity index (χ2v) is 5.76. The Kier molecular flexibility index (Phi) is 4.69. The molecule has 0 atom stereocenters. The van der Waals surface area contributed by atoms with E-state index in [-0.39, 0.29) is 5.56 Å². The average molecular weight is 360 g/mol. The van der Waals surface area contributed by atoms with Crippen molar-refractivity contribution < 1.29 is 14.3 Å². The number of hydrogen-bond donors (Lipinski definition) is 1. The van der Waals surface area contributed by atoms with Gasteiger partial charge in [-0.2, -0.15) is 0 Å². The van der Waals surface area contributed by atoms with E-state index in [1.54, 1.807) is 36.5 Å². The number of rotatable bonds is 4. The van der Waals surface area contributed by atoms with Gasteiger partial charge in [-0.15, -0.1) is 0 Å². The minimum atomic E-state index is -0.970. The Bertz CT molecular complexity index is 914. The van der Waals surface area contributed by atoms with Gasteiger partial charge in [0.2, 0.25) is 0 Å². The molecule has 120 valence electrons. The molecule has 6 heteroatoms. The summed E-state index contributed by atoms with van der Waals surface area (Å²) in [5, 5.41) is 9.80. The normalized spacial score (nSPS) is 11.1. The molecule has 0 aliphatic carbocycles. The first-order valence-corrected chi connectivity index (χ1v) is 7.71. The van der Waals surface area contributed by atoms with E-state index in [1.165, 1.54) is 12.1 Å². The van der Waals surface area contributed by atoms with Crippen molar-refractivity contribution >= 4 is 41.1 Å². The van der Waals surface area contributed by atoms with Gasteiger partial charge in [-0.05, 0) is 54.6 Å². The lowest BCUT2D eigenvalue weighted by atomic mass is 10.2. The summed E-state index contributed by atoms with van der Waals surface area (Å²) in [6.45, 7) is 0. The summed E-state index contributed by atoms with van der Waals surface area (Å²) in [7, 11) is 0. The van der Waals surface area contributed by atoms with E-state index in [9.17, 15) is 4.79 Å². The molecule has 0 radical (unpaired) electrons. The van der Waals surface area contributed by atoms with Gasteiger partial charge in [0.1, 0.15) is 11.5 Å². The number of benzene rings is 2. The number of hydrogen-bond acceptors (Lipinski definition) is 3. The van der Waals surface area contributed by atoms with Crippen molar-refractivity contribution in [3.8, 4) is 11.3 Å². The Hall–Kier alpha value is -2.56. The van der Waals surface area contributed by atoms with Gasteiger partial charge in [0.25, 0.3) is 0 Å². The highest BCUT2D eigenvalue weighted by Gasteiger charge is 2.06. The summed E-state index contributed by atoms with van der Waals surface area (Å²) in [5.41, 5.74) is 1.66. The van der Waals surface area contributed by atoms with Gasteiger partial charge in [-0.1, -0.05) is 23.2 Å². The van der Waals surface area contributed by atoms with Crippen LogP contribution in [0.25, 0.3) is 11.3 Å². The number of carboxylic acid groups (broad SMARTS) is 1. The quantitative estimate of drug-likeness (QED) is 0.607. The monoisotopic (exact) mass is 359 g/mol. The van der Waals surface area contributed by atoms with Gasteiger partial charge in [0.05, 0.1) is 27.5 Å². The van der Waals surface area contributed by atoms with Crippen molar-refractivity contribution in [1.82, 2.24) is 0 Å². The molecular weight excluding hydrogens is 349 g/mol. The minimum Gasteiger partial charge on any atom is -0.478 e. The van der Waals surface area contributed by atoms with Gasteiger partial charge in [0, 0.05) is 5.56 Å². The highest BCUT2D eigenvalue weighted by Crippen LogP contribution is 2.29. The standard InChI is InChI=1S/C18H11Cl2NO3/c19-15-7-3-12(9-16(15)20)17-8-6-14(24-17)10-21-13-4-1-11(2-5-13)18(22)23/h1-10H,(H,22,23). The van der Waals surface area contributed by atoms with Gasteiger partial charge in [-0.3, -0.25) is 4.99 Å². The summed E-state index contributed by atoms with van der Waals surface area (Å²) in [6, 6.07) is 15.1. The topological polar surface area (TPSA) is 62.8 Å². The molecule has 0 amide bonds. The summed E-state index contributed by atoms with van der Waals surface area (Å²) in [5.74, 6) is 0.248. The molecule has 0 aliphatic heterocycles. The fourth-order valence-electron chi connectivity index (χ4n) is 2.05. The smallest absolute Gasteiger partial charge is 0.335 e. The van der Waals surface area contributed by atoms with Crippen LogP contribution in [-0.2, 0) is 0 Å². The van der Waals surface area contributed by atoms with Gasteiger partial charge in [-0.25, -0.2) is 4.79 Å². The fourth-order valence-corrected chi connectivity index (χ4v) is 2.35. The van der Waals surface area contributed by atoms with E-state index >= 15 is 0 Å². The van der Waals surface area contributed by atoms with E-state index in [4.69, 9.17) is 32.7 Å². The lowest BCUT2D eigenvalue weighted by Gasteiger charge is -1.99. The molecule has 3 rings (SSSR count). The van der Waals surface area contributed by atoms with Gasteiger partial charge >= 0.3 is 5.97 Å². The first-order valence-electron chi connectivity index (χ1n) is 6.95. The van der Waals surface area contributed by atoms with E-state index in [0.29, 0.717) is 27.3 Å². The van der Waals surface area contributed by atoms with Crippen LogP contribution < -0.4 is 0 Å². The van der Waals surface area contributed by atoms with Crippen LogP contribution in [0.4, 0.5) is 5.69 Å². The van der Waals surface area contributed by atoms with Gasteiger partial charge < -0.3 is 9.52 Å². The summed E-state index contributed by atoms with van der Waals surface area (Å²) >= 11 is 11.9. The maximum Gasteiger partial charge on any atom is 0.335 e. The van der Waals surface area contributed by atoms with Crippen LogP contribution in [-0.4, -0.2) is 17.3 Å². The Morgan fingerprint density at radius 1 is 1.00 bits per heavy atom. The predicted octanol–water partition coefficient (Wildman–Crippen LogP) is 5.70. The van der Waals surface area contributed by atoms with Crippen molar-refractivity contribution in [1.29, 1.82) is 0 Å². The van der Waals surface area contributed by atoms with Gasteiger partial charge in [0.15, 0.2) is 0 Å². The molecule has 3 aromatic rings. The largest absolute Gasteiger partial charge is 0.478 e. The summed E-state index contributed by atoms with van der Waals surface area (Å²) in [6.07, 6.45) is 1.57. The highest BCUT2D eigenvalue weighted by molar-refractivity contribution is 6.42. The third-order valence-corrected chi connectivity index (χ3v) is 4.03. The Labute approximate surface area is 148 Å². The third kappa shape index (κ3) is 3.67. The second-order valence-electron chi connectivity index (χ2n) is 4.94. The highest BCUT2D eigenvalue weighted by atomic mass is 35.5. The SMILES string of the molecule is O=C(O)c1ccc(N=Cc2ccc(-c3ccc(Cl)c(Cl)c3)o2)cc1. The number of carbonyl (C=O) groups is 1. The number of furan rings is 1. The van der Waals surface area contributed by atoms with Crippen LogP contribution in [0.5, 0.6) is 0 Å². The zero-order valence-corrected chi connectivity index (χ0v) is 13.8. The van der Waals surface area contributed by atoms with Crippen molar-refractivity contribution in [2.24, 2.45) is 4.99 Å². The molecule has 1 N–H and O–H groups in total. The number of aliphatic imine (C=N–C) groups is 1. The molecule has 4 nitrogen and oxygen atoms in total. The first-order chi connectivity index (χ1) is 11.5. The van der Waals surface area contributed by atoms with E-state index in [0.717, 1.165) is 5.56 Å². The number of nitrogens with zero attached hydrogens (tertiary/aromatic N) is 1. The van der Waals surface area contributed by atoms with E-state index < -0.39 is 5.97 Å². The molecule has 24 heavy (non-hydrogen) atoms. The Morgan fingerprint density at radius 3 is 2.42 bits per heavy atom. The van der Waals surface area contributed by atoms with Crippen molar-refractivity contribution in [2.75, 3.05) is 0 Å². The molecule has 0 fully saturated rings. The van der Waals surface area contributed by atoms with Crippen LogP contribution in [0.3, 0.4) is 0 Å². The maximum absolute atomic E-state index is 10.8. The fraction of sp³-hybridized carbons (Fsp3) is 0. The predicted molar refractivity (Wildman–Crippen MR) is 94.8 cm³/mol. The molecular formula is C18H11Cl2NO3. The molecule has 0 bridgehead atoms. The van der Waals surface area contributed by atoms with Crippen molar-refractivity contribution in [3.63, 3.8) is 0 Å². The average Bonchev–Trinajstić information content (AvgIpc) is 3.05. The van der Waals surface area contributed by atoms with E-state index in [2.05, 4.69) is 4.99 Å². The van der Waals surface area contributed by atoms with Crippen molar-refractivity contribution in [3.05, 3.63) is 76.0 Å². The third-order valence-electron chi connectivity index (χ3n) is 3.29. The molecule has 2 aromatic carbocycles. The maximum atomic E-state index is 10.8. The van der Waals surface area contributed by atoms with Crippen molar-refractivity contribution in [2.45, 2.75) is 0 Å². The Morgan fingerprint density at radius 2 is 1.75 bits per heavy atom. The molecule has 0 unspecified atom stereocenters. The second kappa shape index (κ2) is 6.91. The van der Waals surface area contributed by atoms with Crippen LogP contribution in [0.15, 0.2) is 64.0 Å². The zero-order chi connectivity index (χ0) is 17.1. The number of halogens is 2. The van der Waals surface area contributed by atoms with Crippen LogP contribution >= 0.6 is 23.2 Å². The van der Waals surface area contributed by atoms with Crippen LogP contribution in [0.2, 0.25) is 10.0 Å². The molecule has 0 saturated heterocycles. The summed E-state index contributed by atoms with van der Waals surface area (Å²) < 4.78 is 5.70.